The van der Waals surface area contributed by atoms with Crippen LogP contribution in [-0.4, -0.2) is 6.03 Å². The van der Waals surface area contributed by atoms with Crippen molar-refractivity contribution in [2.24, 2.45) is 0 Å². The van der Waals surface area contributed by atoms with Crippen molar-refractivity contribution in [2.45, 2.75) is 6.92 Å². The molecule has 0 fully saturated rings. The third-order valence-corrected chi connectivity index (χ3v) is 2.55. The lowest BCUT2D eigenvalue weighted by Crippen LogP contribution is -2.19. The molecule has 2 rings (SSSR count). The van der Waals surface area contributed by atoms with E-state index >= 15 is 0 Å². The fourth-order valence-corrected chi connectivity index (χ4v) is 1.64. The van der Waals surface area contributed by atoms with Gasteiger partial charge in [-0.15, -0.1) is 0 Å². The highest BCUT2D eigenvalue weighted by Crippen LogP contribution is 2.12. The standard InChI is InChI=1S/C15H13N3O/c1-11-3-2-4-14(9-11)18-15(19)17-13-7-5-12(10-16)6-8-13/h2-9H,1H3,(H2,17,18,19). The lowest BCUT2D eigenvalue weighted by Gasteiger charge is -2.08. The highest BCUT2D eigenvalue weighted by molar-refractivity contribution is 5.99. The number of amides is 2. The summed E-state index contributed by atoms with van der Waals surface area (Å²) in [7, 11) is 0. The number of urea groups is 1. The molecule has 19 heavy (non-hydrogen) atoms. The molecule has 0 saturated carbocycles. The number of hydrogen-bond donors (Lipinski definition) is 2. The summed E-state index contributed by atoms with van der Waals surface area (Å²) in [5.41, 5.74) is 3.02. The Labute approximate surface area is 111 Å². The summed E-state index contributed by atoms with van der Waals surface area (Å²) in [4.78, 5) is 11.8. The molecule has 4 heteroatoms. The molecule has 0 saturated heterocycles. The normalized spacial score (nSPS) is 9.47. The van der Waals surface area contributed by atoms with Crippen molar-refractivity contribution in [3.8, 4) is 6.07 Å². The van der Waals surface area contributed by atoms with Crippen LogP contribution in [0.1, 0.15) is 11.1 Å². The molecule has 0 spiro atoms. The molecule has 0 aromatic heterocycles. The van der Waals surface area contributed by atoms with Crippen LogP contribution in [0.3, 0.4) is 0 Å². The van der Waals surface area contributed by atoms with Crippen LogP contribution in [-0.2, 0) is 0 Å². The number of benzene rings is 2. The quantitative estimate of drug-likeness (QED) is 0.857. The van der Waals surface area contributed by atoms with E-state index < -0.39 is 0 Å². The van der Waals surface area contributed by atoms with Crippen LogP contribution in [0.5, 0.6) is 0 Å². The van der Waals surface area contributed by atoms with Gasteiger partial charge in [-0.2, -0.15) is 5.26 Å². The Balaban J connectivity index is 1.99. The maximum Gasteiger partial charge on any atom is 0.323 e. The number of nitrogens with zero attached hydrogens (tertiary/aromatic N) is 1. The predicted molar refractivity (Wildman–Crippen MR) is 75.0 cm³/mol. The molecular weight excluding hydrogens is 238 g/mol. The first-order valence-electron chi connectivity index (χ1n) is 5.82. The Morgan fingerprint density at radius 3 is 2.37 bits per heavy atom. The number of carbonyl (C=O) groups is 1. The Morgan fingerprint density at radius 1 is 1.05 bits per heavy atom. The molecule has 0 aliphatic rings. The van der Waals surface area contributed by atoms with Gasteiger partial charge in [-0.3, -0.25) is 0 Å². The summed E-state index contributed by atoms with van der Waals surface area (Å²) < 4.78 is 0. The smallest absolute Gasteiger partial charge is 0.308 e. The zero-order valence-electron chi connectivity index (χ0n) is 10.5. The van der Waals surface area contributed by atoms with Crippen LogP contribution in [0.15, 0.2) is 48.5 Å². The van der Waals surface area contributed by atoms with Gasteiger partial charge in [0, 0.05) is 11.4 Å². The minimum Gasteiger partial charge on any atom is -0.308 e. The summed E-state index contributed by atoms with van der Waals surface area (Å²) >= 11 is 0. The van der Waals surface area contributed by atoms with Crippen molar-refractivity contribution < 1.29 is 4.79 Å². The van der Waals surface area contributed by atoms with Crippen molar-refractivity contribution in [3.05, 3.63) is 59.7 Å². The number of nitrogens with one attached hydrogen (secondary N) is 2. The summed E-state index contributed by atoms with van der Waals surface area (Å²) in [6, 6.07) is 16.0. The molecule has 0 aliphatic heterocycles. The summed E-state index contributed by atoms with van der Waals surface area (Å²) in [5, 5.41) is 14.1. The zero-order valence-corrected chi connectivity index (χ0v) is 10.5. The molecule has 2 aromatic carbocycles. The van der Waals surface area contributed by atoms with Crippen molar-refractivity contribution in [1.82, 2.24) is 0 Å². The molecule has 0 atom stereocenters. The van der Waals surface area contributed by atoms with E-state index in [1.54, 1.807) is 24.3 Å². The van der Waals surface area contributed by atoms with Crippen LogP contribution in [0.4, 0.5) is 16.2 Å². The van der Waals surface area contributed by atoms with Gasteiger partial charge in [0.15, 0.2) is 0 Å². The van der Waals surface area contributed by atoms with Crippen LogP contribution in [0.2, 0.25) is 0 Å². The molecule has 0 radical (unpaired) electrons. The van der Waals surface area contributed by atoms with Gasteiger partial charge in [0.1, 0.15) is 0 Å². The summed E-state index contributed by atoms with van der Waals surface area (Å²) in [5.74, 6) is 0. The summed E-state index contributed by atoms with van der Waals surface area (Å²) in [6.45, 7) is 1.96. The molecule has 2 amide bonds. The molecule has 0 bridgehead atoms. The fourth-order valence-electron chi connectivity index (χ4n) is 1.64. The molecular formula is C15H13N3O. The van der Waals surface area contributed by atoms with Gasteiger partial charge in [-0.1, -0.05) is 12.1 Å². The van der Waals surface area contributed by atoms with Crippen molar-refractivity contribution in [3.63, 3.8) is 0 Å². The van der Waals surface area contributed by atoms with Crippen molar-refractivity contribution in [2.75, 3.05) is 10.6 Å². The summed E-state index contributed by atoms with van der Waals surface area (Å²) in [6.07, 6.45) is 0. The lowest BCUT2D eigenvalue weighted by atomic mass is 10.2. The van der Waals surface area contributed by atoms with Gasteiger partial charge >= 0.3 is 6.03 Å². The number of aryl methyl sites for hydroxylation is 1. The van der Waals surface area contributed by atoms with Crippen LogP contribution in [0.25, 0.3) is 0 Å². The Morgan fingerprint density at radius 2 is 1.74 bits per heavy atom. The topological polar surface area (TPSA) is 64.9 Å². The van der Waals surface area contributed by atoms with Crippen LogP contribution < -0.4 is 10.6 Å². The zero-order chi connectivity index (χ0) is 13.7. The monoisotopic (exact) mass is 251 g/mol. The number of hydrogen-bond acceptors (Lipinski definition) is 2. The van der Waals surface area contributed by atoms with E-state index in [0.717, 1.165) is 11.3 Å². The lowest BCUT2D eigenvalue weighted by molar-refractivity contribution is 0.262. The van der Waals surface area contributed by atoms with E-state index in [1.807, 2.05) is 37.3 Å². The van der Waals surface area contributed by atoms with Gasteiger partial charge < -0.3 is 10.6 Å². The molecule has 0 heterocycles. The van der Waals surface area contributed by atoms with Crippen molar-refractivity contribution in [1.29, 1.82) is 5.26 Å². The average molecular weight is 251 g/mol. The maximum absolute atomic E-state index is 11.8. The van der Waals surface area contributed by atoms with Gasteiger partial charge in [0.25, 0.3) is 0 Å². The van der Waals surface area contributed by atoms with Crippen molar-refractivity contribution >= 4 is 17.4 Å². The highest BCUT2D eigenvalue weighted by Gasteiger charge is 2.02. The highest BCUT2D eigenvalue weighted by atomic mass is 16.2. The fraction of sp³-hybridized carbons (Fsp3) is 0.0667. The first-order chi connectivity index (χ1) is 9.17. The number of nitriles is 1. The third kappa shape index (κ3) is 3.58. The molecule has 0 unspecified atom stereocenters. The van der Waals surface area contributed by atoms with E-state index in [0.29, 0.717) is 11.3 Å². The molecule has 2 N–H and O–H groups in total. The first kappa shape index (κ1) is 12.7. The SMILES string of the molecule is Cc1cccc(NC(=O)Nc2ccc(C#N)cc2)c1. The van der Waals surface area contributed by atoms with Crippen LogP contribution >= 0.6 is 0 Å². The second-order valence-electron chi connectivity index (χ2n) is 4.14. The Hall–Kier alpha value is -2.80. The van der Waals surface area contributed by atoms with E-state index in [1.165, 1.54) is 0 Å². The second-order valence-corrected chi connectivity index (χ2v) is 4.14. The molecule has 94 valence electrons. The Kier molecular flexibility index (Phi) is 3.79. The number of anilines is 2. The second kappa shape index (κ2) is 5.69. The molecule has 0 aliphatic carbocycles. The van der Waals surface area contributed by atoms with Gasteiger partial charge in [-0.05, 0) is 48.9 Å². The first-order valence-corrected chi connectivity index (χ1v) is 5.82. The average Bonchev–Trinajstić information content (AvgIpc) is 2.39. The maximum atomic E-state index is 11.8. The Bertz CT molecular complexity index is 627. The van der Waals surface area contributed by atoms with Gasteiger partial charge in [0.2, 0.25) is 0 Å². The van der Waals surface area contributed by atoms with Gasteiger partial charge in [-0.25, -0.2) is 4.79 Å². The minimum atomic E-state index is -0.310. The third-order valence-electron chi connectivity index (χ3n) is 2.55. The largest absolute Gasteiger partial charge is 0.323 e. The van der Waals surface area contributed by atoms with E-state index in [9.17, 15) is 4.79 Å². The minimum absolute atomic E-state index is 0.310. The number of rotatable bonds is 2. The van der Waals surface area contributed by atoms with Gasteiger partial charge in [0.05, 0.1) is 11.6 Å². The van der Waals surface area contributed by atoms with E-state index in [4.69, 9.17) is 5.26 Å². The van der Waals surface area contributed by atoms with Crippen LogP contribution in [0, 0.1) is 18.3 Å². The van der Waals surface area contributed by atoms with E-state index in [2.05, 4.69) is 10.6 Å². The molecule has 2 aromatic rings. The van der Waals surface area contributed by atoms with E-state index in [-0.39, 0.29) is 6.03 Å². The molecule has 4 nitrogen and oxygen atoms in total. The predicted octanol–water partition coefficient (Wildman–Crippen LogP) is 3.51. The number of carbonyl (C=O) groups excluding carboxylic acids is 1.